The Hall–Kier alpha value is -0.860. The molecule has 106 valence electrons. The first kappa shape index (κ1) is 15.2. The molecule has 0 spiro atoms. The lowest BCUT2D eigenvalue weighted by molar-refractivity contribution is 0.158. The smallest absolute Gasteiger partial charge is 0.421 e. The van der Waals surface area contributed by atoms with Crippen molar-refractivity contribution in [2.45, 2.75) is 20.3 Å². The van der Waals surface area contributed by atoms with Gasteiger partial charge in [0.25, 0.3) is 0 Å². The number of hydrogen-bond acceptors (Lipinski definition) is 5. The molecule has 0 aliphatic carbocycles. The Morgan fingerprint density at radius 2 is 2.22 bits per heavy atom. The molecule has 0 bridgehead atoms. The first-order valence-corrected chi connectivity index (χ1v) is 7.57. The van der Waals surface area contributed by atoms with Gasteiger partial charge >= 0.3 is 16.3 Å². The highest BCUT2D eigenvalue weighted by Gasteiger charge is 2.23. The Bertz CT molecular complexity index is 371. The van der Waals surface area contributed by atoms with Crippen molar-refractivity contribution < 1.29 is 17.9 Å². The SMILES string of the molecule is CCOC(=O)NS(=O)(=O)NCC1CNCCC1C. The van der Waals surface area contributed by atoms with Crippen molar-refractivity contribution >= 4 is 16.3 Å². The molecule has 0 saturated carbocycles. The van der Waals surface area contributed by atoms with E-state index in [1.54, 1.807) is 11.6 Å². The normalized spacial score (nSPS) is 24.6. The molecule has 1 saturated heterocycles. The third-order valence-electron chi connectivity index (χ3n) is 3.02. The summed E-state index contributed by atoms with van der Waals surface area (Å²) in [6.07, 6.45) is 0.0670. The van der Waals surface area contributed by atoms with Gasteiger partial charge in [-0.3, -0.25) is 0 Å². The van der Waals surface area contributed by atoms with E-state index >= 15 is 0 Å². The maximum atomic E-state index is 11.5. The Morgan fingerprint density at radius 3 is 2.83 bits per heavy atom. The third kappa shape index (κ3) is 5.19. The number of hydrogen-bond donors (Lipinski definition) is 3. The topological polar surface area (TPSA) is 96.5 Å². The van der Waals surface area contributed by atoms with E-state index in [9.17, 15) is 13.2 Å². The molecular formula is C10H21N3O4S. The zero-order valence-electron chi connectivity index (χ0n) is 10.7. The number of amides is 1. The van der Waals surface area contributed by atoms with Crippen molar-refractivity contribution in [1.29, 1.82) is 0 Å². The lowest BCUT2D eigenvalue weighted by atomic mass is 9.88. The fourth-order valence-corrected chi connectivity index (χ4v) is 2.63. The molecule has 2 atom stereocenters. The summed E-state index contributed by atoms with van der Waals surface area (Å²) in [5.74, 6) is 0.689. The molecular weight excluding hydrogens is 258 g/mol. The van der Waals surface area contributed by atoms with Crippen molar-refractivity contribution in [2.24, 2.45) is 11.8 Å². The highest BCUT2D eigenvalue weighted by molar-refractivity contribution is 7.88. The van der Waals surface area contributed by atoms with Crippen LogP contribution in [0, 0.1) is 11.8 Å². The van der Waals surface area contributed by atoms with Crippen molar-refractivity contribution in [2.75, 3.05) is 26.2 Å². The molecule has 1 fully saturated rings. The molecule has 1 aliphatic heterocycles. The molecule has 0 aromatic carbocycles. The number of carbonyl (C=O) groups is 1. The van der Waals surface area contributed by atoms with E-state index in [2.05, 4.69) is 21.7 Å². The Morgan fingerprint density at radius 1 is 1.50 bits per heavy atom. The van der Waals surface area contributed by atoms with Crippen LogP contribution in [0.3, 0.4) is 0 Å². The van der Waals surface area contributed by atoms with Crippen LogP contribution in [0.25, 0.3) is 0 Å². The van der Waals surface area contributed by atoms with E-state index in [1.807, 2.05) is 0 Å². The standard InChI is InChI=1S/C10H21N3O4S/c1-3-17-10(14)13-18(15,16)12-7-9-6-11-5-4-8(9)2/h8-9,11-12H,3-7H2,1-2H3,(H,13,14). The van der Waals surface area contributed by atoms with Gasteiger partial charge < -0.3 is 10.1 Å². The molecule has 3 N–H and O–H groups in total. The number of rotatable bonds is 5. The van der Waals surface area contributed by atoms with Gasteiger partial charge in [0.1, 0.15) is 0 Å². The van der Waals surface area contributed by atoms with E-state index in [1.165, 1.54) is 0 Å². The van der Waals surface area contributed by atoms with E-state index < -0.39 is 16.3 Å². The lowest BCUT2D eigenvalue weighted by Crippen LogP contribution is -2.46. The van der Waals surface area contributed by atoms with Crippen molar-refractivity contribution in [3.05, 3.63) is 0 Å². The first-order valence-electron chi connectivity index (χ1n) is 6.09. The Kier molecular flexibility index (Phi) is 5.83. The molecule has 1 aliphatic rings. The van der Waals surface area contributed by atoms with Gasteiger partial charge in [0, 0.05) is 6.54 Å². The molecule has 0 radical (unpaired) electrons. The van der Waals surface area contributed by atoms with Crippen LogP contribution in [0.5, 0.6) is 0 Å². The molecule has 2 unspecified atom stereocenters. The predicted octanol–water partition coefficient (Wildman–Crippen LogP) is -0.187. The highest BCUT2D eigenvalue weighted by atomic mass is 32.2. The molecule has 8 heteroatoms. The van der Waals surface area contributed by atoms with Gasteiger partial charge in [-0.05, 0) is 38.3 Å². The zero-order chi connectivity index (χ0) is 13.6. The maximum Gasteiger partial charge on any atom is 0.421 e. The number of nitrogens with one attached hydrogen (secondary N) is 3. The first-order chi connectivity index (χ1) is 8.44. The fraction of sp³-hybridized carbons (Fsp3) is 0.900. The third-order valence-corrected chi connectivity index (χ3v) is 4.00. The molecule has 0 aromatic rings. The van der Waals surface area contributed by atoms with Gasteiger partial charge in [0.15, 0.2) is 0 Å². The fourth-order valence-electron chi connectivity index (χ4n) is 1.85. The molecule has 0 aromatic heterocycles. The van der Waals surface area contributed by atoms with Crippen LogP contribution in [-0.4, -0.2) is 40.8 Å². The molecule has 1 rings (SSSR count). The molecule has 7 nitrogen and oxygen atoms in total. The molecule has 1 heterocycles. The zero-order valence-corrected chi connectivity index (χ0v) is 11.5. The average Bonchev–Trinajstić information content (AvgIpc) is 2.27. The maximum absolute atomic E-state index is 11.5. The molecule has 18 heavy (non-hydrogen) atoms. The minimum absolute atomic E-state index is 0.130. The summed E-state index contributed by atoms with van der Waals surface area (Å²) in [4.78, 5) is 11.0. The average molecular weight is 279 g/mol. The van der Waals surface area contributed by atoms with Crippen LogP contribution >= 0.6 is 0 Å². The lowest BCUT2D eigenvalue weighted by Gasteiger charge is -2.29. The second kappa shape index (κ2) is 6.91. The summed E-state index contributed by atoms with van der Waals surface area (Å²) in [5.41, 5.74) is 0. The van der Waals surface area contributed by atoms with Crippen LogP contribution in [-0.2, 0) is 14.9 Å². The van der Waals surface area contributed by atoms with E-state index in [-0.39, 0.29) is 12.5 Å². The van der Waals surface area contributed by atoms with Gasteiger partial charge in [-0.15, -0.1) is 0 Å². The van der Waals surface area contributed by atoms with Crippen LogP contribution in [0.4, 0.5) is 4.79 Å². The van der Waals surface area contributed by atoms with Crippen LogP contribution in [0.1, 0.15) is 20.3 Å². The summed E-state index contributed by atoms with van der Waals surface area (Å²) >= 11 is 0. The van der Waals surface area contributed by atoms with Gasteiger partial charge in [0.05, 0.1) is 6.61 Å². The minimum Gasteiger partial charge on any atom is -0.449 e. The monoisotopic (exact) mass is 279 g/mol. The summed E-state index contributed by atoms with van der Waals surface area (Å²) < 4.78 is 31.7. The number of ether oxygens (including phenoxy) is 1. The highest BCUT2D eigenvalue weighted by Crippen LogP contribution is 2.17. The van der Waals surface area contributed by atoms with Crippen molar-refractivity contribution in [3.63, 3.8) is 0 Å². The van der Waals surface area contributed by atoms with Gasteiger partial charge in [0.2, 0.25) is 0 Å². The summed E-state index contributed by atoms with van der Waals surface area (Å²) in [7, 11) is -3.83. The second-order valence-corrected chi connectivity index (χ2v) is 5.90. The quantitative estimate of drug-likeness (QED) is 0.648. The Labute approximate surface area is 108 Å². The van der Waals surface area contributed by atoms with E-state index in [0.29, 0.717) is 12.5 Å². The minimum atomic E-state index is -3.83. The van der Waals surface area contributed by atoms with Crippen LogP contribution in [0.2, 0.25) is 0 Å². The molecule has 1 amide bonds. The summed E-state index contributed by atoms with van der Waals surface area (Å²) in [6, 6.07) is 0. The summed E-state index contributed by atoms with van der Waals surface area (Å²) in [6.45, 7) is 5.88. The van der Waals surface area contributed by atoms with Crippen molar-refractivity contribution in [1.82, 2.24) is 14.8 Å². The van der Waals surface area contributed by atoms with Gasteiger partial charge in [-0.1, -0.05) is 6.92 Å². The predicted molar refractivity (Wildman–Crippen MR) is 67.2 cm³/mol. The number of piperidine rings is 1. The van der Waals surface area contributed by atoms with Gasteiger partial charge in [-0.2, -0.15) is 13.1 Å². The second-order valence-electron chi connectivity index (χ2n) is 4.40. The van der Waals surface area contributed by atoms with Gasteiger partial charge in [-0.25, -0.2) is 9.52 Å². The summed E-state index contributed by atoms with van der Waals surface area (Å²) in [5, 5.41) is 3.22. The Balaban J connectivity index is 2.38. The van der Waals surface area contributed by atoms with E-state index in [0.717, 1.165) is 19.5 Å². The van der Waals surface area contributed by atoms with Crippen molar-refractivity contribution in [3.8, 4) is 0 Å². The van der Waals surface area contributed by atoms with E-state index in [4.69, 9.17) is 0 Å². The number of carbonyl (C=O) groups excluding carboxylic acids is 1. The largest absolute Gasteiger partial charge is 0.449 e. The van der Waals surface area contributed by atoms with Crippen LogP contribution in [0.15, 0.2) is 0 Å². The van der Waals surface area contributed by atoms with Crippen LogP contribution < -0.4 is 14.8 Å².